The van der Waals surface area contributed by atoms with E-state index in [2.05, 4.69) is 17.6 Å². The lowest BCUT2D eigenvalue weighted by molar-refractivity contribution is -0.145. The van der Waals surface area contributed by atoms with E-state index in [1.165, 1.54) is 26.4 Å². The number of carbonyl (C=O) groups excluding carboxylic acids is 3. The largest absolute Gasteiger partial charge is 0.467 e. The zero-order valence-corrected chi connectivity index (χ0v) is 13.7. The van der Waals surface area contributed by atoms with Gasteiger partial charge in [0, 0.05) is 6.42 Å². The lowest BCUT2D eigenvalue weighted by Gasteiger charge is -2.18. The molecule has 2 N–H and O–H groups in total. The molecule has 1 aliphatic rings. The van der Waals surface area contributed by atoms with Crippen molar-refractivity contribution in [3.63, 3.8) is 0 Å². The summed E-state index contributed by atoms with van der Waals surface area (Å²) in [4.78, 5) is 35.0. The van der Waals surface area contributed by atoms with Gasteiger partial charge in [0.05, 0.1) is 7.11 Å². The molecule has 2 amide bonds. The molecule has 1 aliphatic heterocycles. The van der Waals surface area contributed by atoms with Crippen LogP contribution in [0.1, 0.15) is 64.7 Å². The second-order valence-corrected chi connectivity index (χ2v) is 5.80. The first-order chi connectivity index (χ1) is 10.6. The molecule has 6 heteroatoms. The summed E-state index contributed by atoms with van der Waals surface area (Å²) in [6, 6.07) is -1.15. The summed E-state index contributed by atoms with van der Waals surface area (Å²) in [6.45, 7) is 2.17. The van der Waals surface area contributed by atoms with Gasteiger partial charge in [-0.25, -0.2) is 4.79 Å². The highest BCUT2D eigenvalue weighted by molar-refractivity contribution is 5.93. The number of hydrogen-bond donors (Lipinski definition) is 2. The van der Waals surface area contributed by atoms with Crippen molar-refractivity contribution in [1.29, 1.82) is 0 Å². The van der Waals surface area contributed by atoms with Gasteiger partial charge < -0.3 is 15.4 Å². The predicted octanol–water partition coefficient (Wildman–Crippen LogP) is 1.67. The quantitative estimate of drug-likeness (QED) is 0.475. The van der Waals surface area contributed by atoms with Gasteiger partial charge in [0.25, 0.3) is 0 Å². The third-order valence-corrected chi connectivity index (χ3v) is 3.96. The van der Waals surface area contributed by atoms with Crippen molar-refractivity contribution in [2.45, 2.75) is 76.8 Å². The molecule has 0 radical (unpaired) electrons. The van der Waals surface area contributed by atoms with Crippen LogP contribution < -0.4 is 10.6 Å². The summed E-state index contributed by atoms with van der Waals surface area (Å²) in [5.74, 6) is -0.843. The summed E-state index contributed by atoms with van der Waals surface area (Å²) in [5, 5.41) is 5.31. The van der Waals surface area contributed by atoms with Gasteiger partial charge in [-0.15, -0.1) is 0 Å². The fourth-order valence-corrected chi connectivity index (χ4v) is 2.60. The molecule has 0 spiro atoms. The molecule has 0 aliphatic carbocycles. The molecule has 0 saturated carbocycles. The maximum absolute atomic E-state index is 12.1. The van der Waals surface area contributed by atoms with Gasteiger partial charge in [-0.3, -0.25) is 9.59 Å². The number of rotatable bonds is 10. The highest BCUT2D eigenvalue weighted by Crippen LogP contribution is 2.11. The van der Waals surface area contributed by atoms with E-state index in [4.69, 9.17) is 4.74 Å². The molecular weight excluding hydrogens is 284 g/mol. The molecular formula is C16H28N2O4. The molecule has 0 aromatic carbocycles. The Hall–Kier alpha value is -1.59. The summed E-state index contributed by atoms with van der Waals surface area (Å²) in [7, 11) is 1.32. The number of methoxy groups -OCH3 is 1. The Morgan fingerprint density at radius 2 is 1.95 bits per heavy atom. The van der Waals surface area contributed by atoms with Crippen LogP contribution in [0.25, 0.3) is 0 Å². The Kier molecular flexibility index (Phi) is 8.55. The maximum atomic E-state index is 12.1. The van der Waals surface area contributed by atoms with Gasteiger partial charge in [0.15, 0.2) is 0 Å². The van der Waals surface area contributed by atoms with Crippen LogP contribution in [0.3, 0.4) is 0 Å². The van der Waals surface area contributed by atoms with E-state index in [0.717, 1.165) is 19.3 Å². The number of amides is 2. The van der Waals surface area contributed by atoms with Crippen LogP contribution in [0.15, 0.2) is 0 Å². The molecule has 6 nitrogen and oxygen atoms in total. The average Bonchev–Trinajstić information content (AvgIpc) is 2.95. The van der Waals surface area contributed by atoms with Crippen LogP contribution in [0.5, 0.6) is 0 Å². The van der Waals surface area contributed by atoms with Gasteiger partial charge in [0.2, 0.25) is 11.8 Å². The molecule has 1 heterocycles. The number of unbranched alkanes of at least 4 members (excludes halogenated alkanes) is 5. The first kappa shape index (κ1) is 18.5. The molecule has 1 rings (SSSR count). The van der Waals surface area contributed by atoms with Crippen molar-refractivity contribution in [1.82, 2.24) is 10.6 Å². The van der Waals surface area contributed by atoms with E-state index in [1.807, 2.05) is 0 Å². The molecule has 126 valence electrons. The standard InChI is InChI=1S/C16H28N2O4/c1-3-4-5-6-7-8-9-13(16(21)22-2)18-15(20)12-10-11-14(19)17-12/h12-13H,3-11H2,1-2H3,(H,17,19)(H,18,20)/t12-,13-/m1/s1. The third-order valence-electron chi connectivity index (χ3n) is 3.96. The minimum absolute atomic E-state index is 0.120. The van der Waals surface area contributed by atoms with E-state index in [-0.39, 0.29) is 11.8 Å². The molecule has 0 bridgehead atoms. The summed E-state index contributed by atoms with van der Waals surface area (Å²) >= 11 is 0. The van der Waals surface area contributed by atoms with Crippen molar-refractivity contribution < 1.29 is 19.1 Å². The highest BCUT2D eigenvalue weighted by Gasteiger charge is 2.30. The Balaban J connectivity index is 2.35. The molecule has 0 aromatic rings. The number of esters is 1. The monoisotopic (exact) mass is 312 g/mol. The van der Waals surface area contributed by atoms with Crippen molar-refractivity contribution in [3.8, 4) is 0 Å². The first-order valence-electron chi connectivity index (χ1n) is 8.26. The first-order valence-corrected chi connectivity index (χ1v) is 8.26. The predicted molar refractivity (Wildman–Crippen MR) is 83.1 cm³/mol. The number of nitrogens with one attached hydrogen (secondary N) is 2. The van der Waals surface area contributed by atoms with Crippen molar-refractivity contribution >= 4 is 17.8 Å². The van der Waals surface area contributed by atoms with Gasteiger partial charge in [-0.1, -0.05) is 45.4 Å². The van der Waals surface area contributed by atoms with Crippen molar-refractivity contribution in [3.05, 3.63) is 0 Å². The van der Waals surface area contributed by atoms with Gasteiger partial charge in [0.1, 0.15) is 12.1 Å². The Morgan fingerprint density at radius 1 is 1.27 bits per heavy atom. The van der Waals surface area contributed by atoms with Crippen LogP contribution >= 0.6 is 0 Å². The van der Waals surface area contributed by atoms with Crippen LogP contribution in [0, 0.1) is 0 Å². The average molecular weight is 312 g/mol. The van der Waals surface area contributed by atoms with Crippen LogP contribution in [-0.2, 0) is 19.1 Å². The van der Waals surface area contributed by atoms with Crippen molar-refractivity contribution in [2.24, 2.45) is 0 Å². The third kappa shape index (κ3) is 6.45. The summed E-state index contributed by atoms with van der Waals surface area (Å²) in [5.41, 5.74) is 0. The molecule has 1 saturated heterocycles. The Bertz CT molecular complexity index is 384. The number of hydrogen-bond acceptors (Lipinski definition) is 4. The maximum Gasteiger partial charge on any atom is 0.328 e. The fraction of sp³-hybridized carbons (Fsp3) is 0.812. The fourth-order valence-electron chi connectivity index (χ4n) is 2.60. The highest BCUT2D eigenvalue weighted by atomic mass is 16.5. The van der Waals surface area contributed by atoms with Gasteiger partial charge in [-0.05, 0) is 12.8 Å². The molecule has 0 unspecified atom stereocenters. The van der Waals surface area contributed by atoms with E-state index in [0.29, 0.717) is 19.3 Å². The van der Waals surface area contributed by atoms with E-state index in [1.54, 1.807) is 0 Å². The lowest BCUT2D eigenvalue weighted by Crippen LogP contribution is -2.49. The topological polar surface area (TPSA) is 84.5 Å². The van der Waals surface area contributed by atoms with Crippen LogP contribution in [0.4, 0.5) is 0 Å². The minimum Gasteiger partial charge on any atom is -0.467 e. The Labute approximate surface area is 132 Å². The zero-order valence-electron chi connectivity index (χ0n) is 13.7. The number of ether oxygens (including phenoxy) is 1. The van der Waals surface area contributed by atoms with E-state index in [9.17, 15) is 14.4 Å². The summed E-state index contributed by atoms with van der Waals surface area (Å²) < 4.78 is 4.75. The lowest BCUT2D eigenvalue weighted by atomic mass is 10.1. The SMILES string of the molecule is CCCCCCCC[C@@H](NC(=O)[C@H]1CCC(=O)N1)C(=O)OC. The van der Waals surface area contributed by atoms with Gasteiger partial charge in [-0.2, -0.15) is 0 Å². The van der Waals surface area contributed by atoms with E-state index >= 15 is 0 Å². The smallest absolute Gasteiger partial charge is 0.328 e. The van der Waals surface area contributed by atoms with Crippen molar-refractivity contribution in [2.75, 3.05) is 7.11 Å². The zero-order chi connectivity index (χ0) is 16.4. The van der Waals surface area contributed by atoms with Gasteiger partial charge >= 0.3 is 5.97 Å². The molecule has 1 fully saturated rings. The number of carbonyl (C=O) groups is 3. The molecule has 0 aromatic heterocycles. The summed E-state index contributed by atoms with van der Waals surface area (Å²) in [6.07, 6.45) is 8.13. The van der Waals surface area contributed by atoms with Crippen LogP contribution in [0.2, 0.25) is 0 Å². The minimum atomic E-state index is -0.624. The second-order valence-electron chi connectivity index (χ2n) is 5.80. The Morgan fingerprint density at radius 3 is 2.55 bits per heavy atom. The second kappa shape index (κ2) is 10.2. The van der Waals surface area contributed by atoms with E-state index < -0.39 is 18.1 Å². The van der Waals surface area contributed by atoms with Crippen LogP contribution in [-0.4, -0.2) is 37.0 Å². The molecule has 2 atom stereocenters. The molecule has 22 heavy (non-hydrogen) atoms. The normalized spacial score (nSPS) is 18.6.